The Bertz CT molecular complexity index is 46.0. The molecule has 0 radical (unpaired) electrons. The Balaban J connectivity index is 0.000000162. The molecule has 0 aliphatic carbocycles. The summed E-state index contributed by atoms with van der Waals surface area (Å²) >= 11 is 0. The lowest BCUT2D eigenvalue weighted by atomic mass is 10.8. The maximum absolute atomic E-state index is 4.65. The predicted octanol–water partition coefficient (Wildman–Crippen LogP) is 1.07. The van der Waals surface area contributed by atoms with Gasteiger partial charge in [0.2, 0.25) is 0 Å². The Labute approximate surface area is 44.2 Å². The molecule has 0 aromatic heterocycles. The molecule has 2 nitrogen and oxygen atoms in total. The van der Waals surface area contributed by atoms with E-state index in [1.807, 2.05) is 13.8 Å². The standard InChI is InChI=1S/C3H5NO.C2H6/c1-2-5-3-4-1;1-2/h3H,1-2H2;1-2H3. The van der Waals surface area contributed by atoms with Gasteiger partial charge in [-0.3, -0.25) is 4.99 Å². The predicted molar refractivity (Wildman–Crippen MR) is 30.7 cm³/mol. The van der Waals surface area contributed by atoms with Crippen LogP contribution in [0.25, 0.3) is 0 Å². The van der Waals surface area contributed by atoms with Gasteiger partial charge < -0.3 is 4.74 Å². The molecule has 0 aromatic carbocycles. The lowest BCUT2D eigenvalue weighted by Gasteiger charge is -1.76. The summed E-state index contributed by atoms with van der Waals surface area (Å²) in [5.41, 5.74) is 0. The molecular weight excluding hydrogens is 90.1 g/mol. The third-order valence-corrected chi connectivity index (χ3v) is 0.487. The molecule has 0 unspecified atom stereocenters. The second-order valence-electron chi connectivity index (χ2n) is 0.882. The monoisotopic (exact) mass is 101 g/mol. The van der Waals surface area contributed by atoms with E-state index in [1.54, 1.807) is 0 Å². The van der Waals surface area contributed by atoms with Crippen LogP contribution < -0.4 is 0 Å². The van der Waals surface area contributed by atoms with Gasteiger partial charge in [-0.15, -0.1) is 0 Å². The highest BCUT2D eigenvalue weighted by atomic mass is 16.5. The van der Waals surface area contributed by atoms with Crippen molar-refractivity contribution in [1.29, 1.82) is 0 Å². The van der Waals surface area contributed by atoms with Crippen LogP contribution >= 0.6 is 0 Å². The Morgan fingerprint density at radius 1 is 1.57 bits per heavy atom. The van der Waals surface area contributed by atoms with E-state index in [1.165, 1.54) is 6.40 Å². The van der Waals surface area contributed by atoms with Crippen LogP contribution in [0.4, 0.5) is 0 Å². The molecule has 1 heterocycles. The lowest BCUT2D eigenvalue weighted by Crippen LogP contribution is -1.80. The summed E-state index contributed by atoms with van der Waals surface area (Å²) in [6, 6.07) is 0. The van der Waals surface area contributed by atoms with Gasteiger partial charge in [-0.2, -0.15) is 0 Å². The molecule has 2 heteroatoms. The highest BCUT2D eigenvalue weighted by Crippen LogP contribution is 1.78. The summed E-state index contributed by atoms with van der Waals surface area (Å²) in [5.74, 6) is 0. The van der Waals surface area contributed by atoms with Crippen molar-refractivity contribution >= 4 is 6.40 Å². The van der Waals surface area contributed by atoms with Gasteiger partial charge in [0.1, 0.15) is 6.61 Å². The Hall–Kier alpha value is -0.530. The van der Waals surface area contributed by atoms with E-state index in [9.17, 15) is 0 Å². The zero-order valence-corrected chi connectivity index (χ0v) is 4.85. The minimum Gasteiger partial charge on any atom is -0.482 e. The molecule has 0 bridgehead atoms. The first-order valence-corrected chi connectivity index (χ1v) is 2.60. The molecule has 0 aromatic rings. The van der Waals surface area contributed by atoms with E-state index in [4.69, 9.17) is 0 Å². The van der Waals surface area contributed by atoms with Gasteiger partial charge in [-0.05, 0) is 0 Å². The molecule has 0 fully saturated rings. The van der Waals surface area contributed by atoms with Gasteiger partial charge in [0.25, 0.3) is 0 Å². The van der Waals surface area contributed by atoms with Crippen LogP contribution in [0.5, 0.6) is 0 Å². The van der Waals surface area contributed by atoms with Gasteiger partial charge in [0.05, 0.1) is 6.54 Å². The van der Waals surface area contributed by atoms with E-state index < -0.39 is 0 Å². The number of ether oxygens (including phenoxy) is 1. The first kappa shape index (κ1) is 6.47. The molecule has 1 rings (SSSR count). The van der Waals surface area contributed by atoms with Gasteiger partial charge in [-0.1, -0.05) is 13.8 Å². The van der Waals surface area contributed by atoms with Crippen LogP contribution in [-0.4, -0.2) is 19.6 Å². The largest absolute Gasteiger partial charge is 0.482 e. The van der Waals surface area contributed by atoms with E-state index in [0.717, 1.165) is 13.2 Å². The van der Waals surface area contributed by atoms with E-state index >= 15 is 0 Å². The molecule has 1 aliphatic rings. The number of hydrogen-bond acceptors (Lipinski definition) is 2. The fourth-order valence-corrected chi connectivity index (χ4v) is 0.264. The van der Waals surface area contributed by atoms with E-state index in [0.29, 0.717) is 0 Å². The molecule has 0 atom stereocenters. The van der Waals surface area contributed by atoms with Crippen LogP contribution in [0, 0.1) is 0 Å². The molecular formula is C5H11NO. The summed E-state index contributed by atoms with van der Waals surface area (Å²) in [6.45, 7) is 5.62. The molecule has 0 saturated carbocycles. The number of aliphatic imine (C=N–C) groups is 1. The molecule has 7 heavy (non-hydrogen) atoms. The first-order chi connectivity index (χ1) is 3.50. The lowest BCUT2D eigenvalue weighted by molar-refractivity contribution is 0.361. The van der Waals surface area contributed by atoms with Crippen molar-refractivity contribution in [2.45, 2.75) is 13.8 Å². The average Bonchev–Trinajstić information content (AvgIpc) is 2.23. The summed E-state index contributed by atoms with van der Waals surface area (Å²) in [5, 5.41) is 0. The number of hydrogen-bond donors (Lipinski definition) is 0. The van der Waals surface area contributed by atoms with Crippen molar-refractivity contribution in [3.63, 3.8) is 0 Å². The summed E-state index contributed by atoms with van der Waals surface area (Å²) < 4.78 is 4.65. The molecule has 0 N–H and O–H groups in total. The van der Waals surface area contributed by atoms with Crippen molar-refractivity contribution in [3.8, 4) is 0 Å². The fraction of sp³-hybridized carbons (Fsp3) is 0.800. The molecule has 1 aliphatic heterocycles. The minimum absolute atomic E-state index is 0.778. The molecule has 0 saturated heterocycles. The zero-order chi connectivity index (χ0) is 5.54. The molecule has 0 spiro atoms. The Kier molecular flexibility index (Phi) is 5.06. The third-order valence-electron chi connectivity index (χ3n) is 0.487. The minimum atomic E-state index is 0.778. The van der Waals surface area contributed by atoms with Crippen LogP contribution in [0.15, 0.2) is 4.99 Å². The summed E-state index contributed by atoms with van der Waals surface area (Å²) in [7, 11) is 0. The second kappa shape index (κ2) is 5.47. The van der Waals surface area contributed by atoms with Crippen LogP contribution in [0.1, 0.15) is 13.8 Å². The maximum Gasteiger partial charge on any atom is 0.169 e. The Morgan fingerprint density at radius 3 is 2.43 bits per heavy atom. The topological polar surface area (TPSA) is 21.6 Å². The normalized spacial score (nSPS) is 14.6. The van der Waals surface area contributed by atoms with Crippen molar-refractivity contribution in [2.24, 2.45) is 4.99 Å². The smallest absolute Gasteiger partial charge is 0.169 e. The zero-order valence-electron chi connectivity index (χ0n) is 4.85. The average molecular weight is 101 g/mol. The number of rotatable bonds is 0. The third kappa shape index (κ3) is 3.30. The quantitative estimate of drug-likeness (QED) is 0.447. The van der Waals surface area contributed by atoms with Crippen molar-refractivity contribution in [3.05, 3.63) is 0 Å². The van der Waals surface area contributed by atoms with Crippen LogP contribution in [-0.2, 0) is 4.74 Å². The van der Waals surface area contributed by atoms with Crippen molar-refractivity contribution in [2.75, 3.05) is 13.2 Å². The summed E-state index contributed by atoms with van der Waals surface area (Å²) in [4.78, 5) is 3.74. The first-order valence-electron chi connectivity index (χ1n) is 2.60. The SMILES string of the molecule is C1=NCCO1.CC. The van der Waals surface area contributed by atoms with Crippen LogP contribution in [0.3, 0.4) is 0 Å². The fourth-order valence-electron chi connectivity index (χ4n) is 0.264. The second-order valence-corrected chi connectivity index (χ2v) is 0.882. The number of nitrogens with zero attached hydrogens (tertiary/aromatic N) is 1. The van der Waals surface area contributed by atoms with Crippen molar-refractivity contribution < 1.29 is 4.74 Å². The van der Waals surface area contributed by atoms with Crippen LogP contribution in [0.2, 0.25) is 0 Å². The van der Waals surface area contributed by atoms with E-state index in [2.05, 4.69) is 9.73 Å². The molecule has 42 valence electrons. The van der Waals surface area contributed by atoms with E-state index in [-0.39, 0.29) is 0 Å². The highest BCUT2D eigenvalue weighted by molar-refractivity contribution is 5.47. The van der Waals surface area contributed by atoms with Gasteiger partial charge in [0, 0.05) is 0 Å². The van der Waals surface area contributed by atoms with Gasteiger partial charge >= 0.3 is 0 Å². The van der Waals surface area contributed by atoms with Gasteiger partial charge in [-0.25, -0.2) is 0 Å². The van der Waals surface area contributed by atoms with Crippen molar-refractivity contribution in [1.82, 2.24) is 0 Å². The molecule has 0 amide bonds. The van der Waals surface area contributed by atoms with Gasteiger partial charge in [0.15, 0.2) is 6.40 Å². The Morgan fingerprint density at radius 2 is 2.29 bits per heavy atom. The summed E-state index contributed by atoms with van der Waals surface area (Å²) in [6.07, 6.45) is 1.49. The highest BCUT2D eigenvalue weighted by Gasteiger charge is 1.84. The maximum atomic E-state index is 4.65.